The number of nitrogens with zero attached hydrogens (tertiary/aromatic N) is 4. The Labute approximate surface area is 207 Å². The predicted octanol–water partition coefficient (Wildman–Crippen LogP) is 4.58. The molecular formula is C28H33N7. The molecule has 0 bridgehead atoms. The molecule has 1 aliphatic carbocycles. The van der Waals surface area contributed by atoms with Crippen LogP contribution in [0.4, 0.5) is 17.3 Å². The second-order valence-corrected chi connectivity index (χ2v) is 9.63. The van der Waals surface area contributed by atoms with Crippen LogP contribution >= 0.6 is 0 Å². The van der Waals surface area contributed by atoms with Gasteiger partial charge in [0.1, 0.15) is 11.6 Å². The third kappa shape index (κ3) is 5.72. The van der Waals surface area contributed by atoms with E-state index in [0.717, 1.165) is 36.6 Å². The highest BCUT2D eigenvalue weighted by molar-refractivity contribution is 5.64. The van der Waals surface area contributed by atoms with Crippen LogP contribution in [0.1, 0.15) is 44.1 Å². The Morgan fingerprint density at radius 3 is 2.60 bits per heavy atom. The summed E-state index contributed by atoms with van der Waals surface area (Å²) in [6, 6.07) is 21.1. The molecule has 3 heterocycles. The van der Waals surface area contributed by atoms with Crippen molar-refractivity contribution in [3.63, 3.8) is 0 Å². The molecule has 7 nitrogen and oxygen atoms in total. The van der Waals surface area contributed by atoms with Gasteiger partial charge < -0.3 is 21.3 Å². The molecule has 4 N–H and O–H groups in total. The van der Waals surface area contributed by atoms with Gasteiger partial charge in [-0.2, -0.15) is 5.26 Å². The van der Waals surface area contributed by atoms with E-state index in [4.69, 9.17) is 11.0 Å². The fourth-order valence-electron chi connectivity index (χ4n) is 5.37. The summed E-state index contributed by atoms with van der Waals surface area (Å²) in [7, 11) is 0. The van der Waals surface area contributed by atoms with Crippen molar-refractivity contribution >= 4 is 17.3 Å². The number of nitrogens with two attached hydrogens (primary N) is 1. The van der Waals surface area contributed by atoms with Crippen LogP contribution < -0.4 is 21.3 Å². The van der Waals surface area contributed by atoms with Gasteiger partial charge >= 0.3 is 0 Å². The quantitative estimate of drug-likeness (QED) is 0.488. The van der Waals surface area contributed by atoms with E-state index >= 15 is 0 Å². The van der Waals surface area contributed by atoms with E-state index in [1.165, 1.54) is 37.8 Å². The molecule has 3 aromatic rings. The fourth-order valence-corrected chi connectivity index (χ4v) is 5.37. The Morgan fingerprint density at radius 2 is 1.80 bits per heavy atom. The summed E-state index contributed by atoms with van der Waals surface area (Å²) < 4.78 is 0. The number of piperidine rings is 1. The second-order valence-electron chi connectivity index (χ2n) is 9.63. The van der Waals surface area contributed by atoms with Crippen molar-refractivity contribution in [2.24, 2.45) is 0 Å². The Hall–Kier alpha value is -3.63. The van der Waals surface area contributed by atoms with Crippen molar-refractivity contribution in [3.8, 4) is 17.3 Å². The van der Waals surface area contributed by atoms with Crippen LogP contribution in [0, 0.1) is 11.3 Å². The summed E-state index contributed by atoms with van der Waals surface area (Å²) in [6.07, 6.45) is 8.97. The number of benzene rings is 1. The van der Waals surface area contributed by atoms with Crippen molar-refractivity contribution in [3.05, 3.63) is 66.4 Å². The summed E-state index contributed by atoms with van der Waals surface area (Å²) >= 11 is 0. The number of nitriles is 1. The highest BCUT2D eigenvalue weighted by Crippen LogP contribution is 2.27. The van der Waals surface area contributed by atoms with Crippen molar-refractivity contribution in [2.45, 2.75) is 56.7 Å². The molecule has 0 unspecified atom stereocenters. The minimum atomic E-state index is 0.339. The lowest BCUT2D eigenvalue weighted by molar-refractivity contribution is 0.293. The molecule has 2 aromatic heterocycles. The number of nitrogen functional groups attached to an aromatic ring is 1. The summed E-state index contributed by atoms with van der Waals surface area (Å²) in [5.41, 5.74) is 9.67. The van der Waals surface area contributed by atoms with E-state index in [9.17, 15) is 0 Å². The fraction of sp³-hybridized carbons (Fsp3) is 0.393. The molecule has 3 atom stereocenters. The van der Waals surface area contributed by atoms with Crippen LogP contribution in [0.25, 0.3) is 11.3 Å². The number of anilines is 3. The van der Waals surface area contributed by atoms with Crippen molar-refractivity contribution < 1.29 is 0 Å². The lowest BCUT2D eigenvalue weighted by Gasteiger charge is -2.40. The van der Waals surface area contributed by atoms with Gasteiger partial charge in [0, 0.05) is 48.7 Å². The average Bonchev–Trinajstić information content (AvgIpc) is 2.90. The summed E-state index contributed by atoms with van der Waals surface area (Å²) in [5, 5.41) is 16.8. The first kappa shape index (κ1) is 23.1. The van der Waals surface area contributed by atoms with Gasteiger partial charge in [0.2, 0.25) is 0 Å². The van der Waals surface area contributed by atoms with Gasteiger partial charge in [-0.05, 0) is 74.2 Å². The molecule has 0 spiro atoms. The first-order valence-corrected chi connectivity index (χ1v) is 12.6. The smallest absolute Gasteiger partial charge is 0.126 e. The Kier molecular flexibility index (Phi) is 7.10. The van der Waals surface area contributed by atoms with E-state index in [1.54, 1.807) is 6.07 Å². The molecule has 5 rings (SSSR count). The number of hydrogen-bond acceptors (Lipinski definition) is 7. The van der Waals surface area contributed by atoms with Crippen LogP contribution in [0.2, 0.25) is 0 Å². The van der Waals surface area contributed by atoms with Gasteiger partial charge in [-0.25, -0.2) is 9.97 Å². The van der Waals surface area contributed by atoms with E-state index in [2.05, 4.69) is 49.8 Å². The zero-order valence-corrected chi connectivity index (χ0v) is 20.0. The highest BCUT2D eigenvalue weighted by Gasteiger charge is 2.29. The number of rotatable bonds is 6. The third-order valence-electron chi connectivity index (χ3n) is 7.16. The maximum absolute atomic E-state index is 9.09. The largest absolute Gasteiger partial charge is 0.384 e. The maximum atomic E-state index is 9.09. The molecular weight excluding hydrogens is 434 g/mol. The van der Waals surface area contributed by atoms with E-state index in [-0.39, 0.29) is 0 Å². The van der Waals surface area contributed by atoms with Crippen molar-refractivity contribution in [1.82, 2.24) is 15.3 Å². The molecule has 180 valence electrons. The topological polar surface area (TPSA) is 103 Å². The highest BCUT2D eigenvalue weighted by atomic mass is 15.2. The Balaban J connectivity index is 1.24. The molecule has 2 aliphatic rings. The van der Waals surface area contributed by atoms with Crippen LogP contribution in [-0.2, 0) is 0 Å². The molecule has 35 heavy (non-hydrogen) atoms. The standard InChI is InChI=1S/C28H33N7/c29-18-20-10-12-23(13-11-20)35-16-4-5-22(19-35)32-25-6-1-2-7-26(25)34-28-17-21(14-15-31-28)24-8-3-9-27(30)33-24/h3,8-15,17,22,25-26,32H,1-2,4-7,16,19H2,(H2,30,33)(H,31,34)/t22-,25+,26+/m0/s1. The summed E-state index contributed by atoms with van der Waals surface area (Å²) in [4.78, 5) is 11.5. The van der Waals surface area contributed by atoms with Gasteiger partial charge in [0.05, 0.1) is 17.3 Å². The lowest BCUT2D eigenvalue weighted by Crippen LogP contribution is -2.54. The molecule has 1 saturated carbocycles. The molecule has 2 fully saturated rings. The summed E-state index contributed by atoms with van der Waals surface area (Å²) in [6.45, 7) is 2.05. The van der Waals surface area contributed by atoms with E-state index in [1.807, 2.05) is 36.5 Å². The molecule has 7 heteroatoms. The minimum Gasteiger partial charge on any atom is -0.384 e. The van der Waals surface area contributed by atoms with Gasteiger partial charge in [0.25, 0.3) is 0 Å². The van der Waals surface area contributed by atoms with Gasteiger partial charge in [-0.3, -0.25) is 0 Å². The number of pyridine rings is 2. The maximum Gasteiger partial charge on any atom is 0.126 e. The monoisotopic (exact) mass is 467 g/mol. The van der Waals surface area contributed by atoms with Crippen LogP contribution in [0.15, 0.2) is 60.8 Å². The number of aromatic nitrogens is 2. The van der Waals surface area contributed by atoms with Gasteiger partial charge in [0.15, 0.2) is 0 Å². The lowest BCUT2D eigenvalue weighted by atomic mass is 9.89. The zero-order chi connectivity index (χ0) is 24.0. The zero-order valence-electron chi connectivity index (χ0n) is 20.0. The van der Waals surface area contributed by atoms with E-state index < -0.39 is 0 Å². The molecule has 1 aromatic carbocycles. The first-order chi connectivity index (χ1) is 17.2. The SMILES string of the molecule is N#Cc1ccc(N2CCC[C@H](N[C@@H]3CCCC[C@H]3Nc3cc(-c4cccc(N)n4)ccn3)C2)cc1. The van der Waals surface area contributed by atoms with Crippen LogP contribution in [0.5, 0.6) is 0 Å². The Morgan fingerprint density at radius 1 is 0.971 bits per heavy atom. The van der Waals surface area contributed by atoms with Crippen LogP contribution in [-0.4, -0.2) is 41.2 Å². The summed E-state index contributed by atoms with van der Waals surface area (Å²) in [5.74, 6) is 1.40. The number of hydrogen-bond donors (Lipinski definition) is 3. The Bertz CT molecular complexity index is 1170. The van der Waals surface area contributed by atoms with Gasteiger partial charge in [-0.15, -0.1) is 0 Å². The van der Waals surface area contributed by atoms with E-state index in [0.29, 0.717) is 29.5 Å². The number of nitrogens with one attached hydrogen (secondary N) is 2. The first-order valence-electron chi connectivity index (χ1n) is 12.6. The second kappa shape index (κ2) is 10.7. The van der Waals surface area contributed by atoms with Gasteiger partial charge in [-0.1, -0.05) is 18.9 Å². The van der Waals surface area contributed by atoms with Crippen molar-refractivity contribution in [2.75, 3.05) is 29.0 Å². The molecule has 0 amide bonds. The predicted molar refractivity (Wildman–Crippen MR) is 141 cm³/mol. The molecule has 1 saturated heterocycles. The average molecular weight is 468 g/mol. The molecule has 1 aliphatic heterocycles. The minimum absolute atomic E-state index is 0.339. The van der Waals surface area contributed by atoms with Crippen LogP contribution in [0.3, 0.4) is 0 Å². The van der Waals surface area contributed by atoms with Crippen molar-refractivity contribution in [1.29, 1.82) is 5.26 Å². The third-order valence-corrected chi connectivity index (χ3v) is 7.16. The molecule has 0 radical (unpaired) electrons. The normalized spacial score (nSPS) is 22.4.